The van der Waals surface area contributed by atoms with Crippen molar-refractivity contribution in [1.82, 2.24) is 0 Å². The average molecular weight is 339 g/mol. The van der Waals surface area contributed by atoms with Crippen LogP contribution in [0.4, 0.5) is 15.3 Å². The van der Waals surface area contributed by atoms with Gasteiger partial charge in [-0.25, -0.2) is 0 Å². The number of hydrogen-bond acceptors (Lipinski definition) is 6. The molecule has 1 amide bonds. The van der Waals surface area contributed by atoms with Crippen molar-refractivity contribution in [2.45, 2.75) is 11.7 Å². The highest BCUT2D eigenvalue weighted by molar-refractivity contribution is 7.87. The lowest BCUT2D eigenvalue weighted by atomic mass is 10.2. The van der Waals surface area contributed by atoms with Crippen LogP contribution in [0.5, 0.6) is 5.75 Å². The van der Waals surface area contributed by atoms with Crippen LogP contribution in [0.1, 0.15) is 6.42 Å². The minimum absolute atomic E-state index is 0.207. The smallest absolute Gasteiger partial charge is 0.307 e. The van der Waals surface area contributed by atoms with Crippen LogP contribution in [-0.2, 0) is 15.0 Å². The first kappa shape index (κ1) is 15.4. The van der Waals surface area contributed by atoms with E-state index in [0.29, 0.717) is 0 Å². The van der Waals surface area contributed by atoms with Crippen LogP contribution < -0.4 is 4.90 Å². The van der Waals surface area contributed by atoms with Gasteiger partial charge in [0.2, 0.25) is 5.91 Å². The Labute approximate surface area is 123 Å². The van der Waals surface area contributed by atoms with Crippen molar-refractivity contribution < 1.29 is 27.1 Å². The second-order valence-electron chi connectivity index (χ2n) is 4.36. The summed E-state index contributed by atoms with van der Waals surface area (Å²) in [6.45, 7) is -0.501. The fourth-order valence-corrected chi connectivity index (χ4v) is 2.89. The Bertz CT molecular complexity index is 737. The van der Waals surface area contributed by atoms with Gasteiger partial charge in [0.25, 0.3) is 5.69 Å². The lowest BCUT2D eigenvalue weighted by Crippen LogP contribution is -2.27. The number of anilines is 1. The van der Waals surface area contributed by atoms with Gasteiger partial charge >= 0.3 is 10.2 Å². The van der Waals surface area contributed by atoms with Crippen molar-refractivity contribution in [3.05, 3.63) is 27.3 Å². The van der Waals surface area contributed by atoms with Crippen LogP contribution in [0.15, 0.2) is 12.1 Å². The Balaban J connectivity index is 2.42. The summed E-state index contributed by atoms with van der Waals surface area (Å²) < 4.78 is 34.6. The molecule has 1 unspecified atom stereocenters. The minimum Gasteiger partial charge on any atom is -0.505 e. The van der Waals surface area contributed by atoms with Gasteiger partial charge in [-0.15, -0.1) is 3.89 Å². The molecule has 8 nitrogen and oxygen atoms in total. The standard InChI is InChI=1S/C10H8ClFN2O6S/c11-6-2-8(9(15)3-7(6)14(17)18)13-4-5(1-10(13)16)21(12,19)20/h2-3,5,15H,1,4H2. The summed E-state index contributed by atoms with van der Waals surface area (Å²) in [6.07, 6.45) is -0.577. The molecule has 1 aromatic rings. The molecule has 21 heavy (non-hydrogen) atoms. The molecule has 1 heterocycles. The molecular formula is C10H8ClFN2O6S. The molecule has 0 radical (unpaired) electrons. The van der Waals surface area contributed by atoms with Crippen LogP contribution in [0.2, 0.25) is 5.02 Å². The predicted octanol–water partition coefficient (Wildman–Crippen LogP) is 1.36. The minimum atomic E-state index is -4.91. The largest absolute Gasteiger partial charge is 0.505 e. The Kier molecular flexibility index (Phi) is 3.76. The van der Waals surface area contributed by atoms with Gasteiger partial charge in [0.1, 0.15) is 16.0 Å². The second-order valence-corrected chi connectivity index (χ2v) is 6.38. The maximum atomic E-state index is 12.9. The van der Waals surface area contributed by atoms with Gasteiger partial charge in [-0.1, -0.05) is 11.6 Å². The third kappa shape index (κ3) is 2.90. The van der Waals surface area contributed by atoms with Crippen LogP contribution >= 0.6 is 11.6 Å². The van der Waals surface area contributed by atoms with Crippen LogP contribution in [-0.4, -0.2) is 36.1 Å². The number of halogens is 2. The zero-order valence-corrected chi connectivity index (χ0v) is 11.8. The zero-order valence-electron chi connectivity index (χ0n) is 10.2. The molecule has 2 rings (SSSR count). The highest BCUT2D eigenvalue weighted by Crippen LogP contribution is 2.39. The second kappa shape index (κ2) is 5.11. The molecule has 114 valence electrons. The summed E-state index contributed by atoms with van der Waals surface area (Å²) in [5.74, 6) is -1.36. The third-order valence-corrected chi connectivity index (χ3v) is 4.43. The SMILES string of the molecule is O=C1CC(S(=O)(=O)F)CN1c1cc(Cl)c([N+](=O)[O-])cc1O. The monoisotopic (exact) mass is 338 g/mol. The molecule has 0 aromatic heterocycles. The lowest BCUT2D eigenvalue weighted by molar-refractivity contribution is -0.384. The lowest BCUT2D eigenvalue weighted by Gasteiger charge is -2.17. The number of aromatic hydroxyl groups is 1. The average Bonchev–Trinajstić information content (AvgIpc) is 2.73. The first-order valence-corrected chi connectivity index (χ1v) is 7.34. The number of nitro benzene ring substituents is 1. The van der Waals surface area contributed by atoms with Crippen molar-refractivity contribution >= 4 is 39.1 Å². The van der Waals surface area contributed by atoms with Gasteiger partial charge < -0.3 is 10.0 Å². The molecular weight excluding hydrogens is 331 g/mol. The topological polar surface area (TPSA) is 118 Å². The molecule has 0 spiro atoms. The molecule has 1 aliphatic heterocycles. The summed E-state index contributed by atoms with van der Waals surface area (Å²) >= 11 is 5.67. The first-order valence-electron chi connectivity index (χ1n) is 5.52. The summed E-state index contributed by atoms with van der Waals surface area (Å²) in [7, 11) is -4.91. The van der Waals surface area contributed by atoms with E-state index in [1.807, 2.05) is 0 Å². The number of nitrogens with zero attached hydrogens (tertiary/aromatic N) is 2. The molecule has 1 N–H and O–H groups in total. The van der Waals surface area contributed by atoms with Crippen molar-refractivity contribution in [2.75, 3.05) is 11.4 Å². The van der Waals surface area contributed by atoms with Gasteiger partial charge in [-0.2, -0.15) is 8.42 Å². The maximum absolute atomic E-state index is 12.9. The predicted molar refractivity (Wildman–Crippen MR) is 70.6 cm³/mol. The molecule has 11 heteroatoms. The van der Waals surface area contributed by atoms with E-state index in [2.05, 4.69) is 0 Å². The Morgan fingerprint density at radius 3 is 2.57 bits per heavy atom. The van der Waals surface area contributed by atoms with Crippen LogP contribution in [0.3, 0.4) is 0 Å². The van der Waals surface area contributed by atoms with E-state index in [4.69, 9.17) is 11.6 Å². The van der Waals surface area contributed by atoms with Gasteiger partial charge in [-0.05, 0) is 6.07 Å². The number of phenolic OH excluding ortho intramolecular Hbond substituents is 1. The van der Waals surface area contributed by atoms with Crippen molar-refractivity contribution in [3.63, 3.8) is 0 Å². The van der Waals surface area contributed by atoms with E-state index < -0.39 is 50.7 Å². The molecule has 1 aliphatic rings. The molecule has 0 saturated carbocycles. The molecule has 0 bridgehead atoms. The van der Waals surface area contributed by atoms with E-state index in [1.165, 1.54) is 0 Å². The number of carbonyl (C=O) groups is 1. The van der Waals surface area contributed by atoms with Gasteiger partial charge in [0, 0.05) is 13.0 Å². The van der Waals surface area contributed by atoms with Crippen molar-refractivity contribution in [2.24, 2.45) is 0 Å². The summed E-state index contributed by atoms with van der Waals surface area (Å²) in [6, 6.07) is 1.70. The van der Waals surface area contributed by atoms with Gasteiger partial charge in [0.05, 0.1) is 16.7 Å². The maximum Gasteiger partial charge on any atom is 0.307 e. The molecule has 0 aliphatic carbocycles. The fourth-order valence-electron chi connectivity index (χ4n) is 1.99. The Hall–Kier alpha value is -1.94. The zero-order chi connectivity index (χ0) is 15.9. The van der Waals surface area contributed by atoms with E-state index >= 15 is 0 Å². The number of hydrogen-bond donors (Lipinski definition) is 1. The fraction of sp³-hybridized carbons (Fsp3) is 0.300. The van der Waals surface area contributed by atoms with E-state index in [-0.39, 0.29) is 10.7 Å². The molecule has 1 saturated heterocycles. The van der Waals surface area contributed by atoms with Gasteiger partial charge in [0.15, 0.2) is 0 Å². The summed E-state index contributed by atoms with van der Waals surface area (Å²) in [5.41, 5.74) is -0.777. The Morgan fingerprint density at radius 1 is 1.48 bits per heavy atom. The molecule has 1 atom stereocenters. The molecule has 1 fully saturated rings. The first-order chi connectivity index (χ1) is 9.61. The number of carbonyl (C=O) groups excluding carboxylic acids is 1. The van der Waals surface area contributed by atoms with E-state index in [0.717, 1.165) is 17.0 Å². The normalized spacial score (nSPS) is 19.0. The quantitative estimate of drug-likeness (QED) is 0.505. The highest BCUT2D eigenvalue weighted by Gasteiger charge is 2.40. The highest BCUT2D eigenvalue weighted by atomic mass is 35.5. The number of rotatable bonds is 3. The van der Waals surface area contributed by atoms with Crippen molar-refractivity contribution in [3.8, 4) is 5.75 Å². The van der Waals surface area contributed by atoms with Gasteiger partial charge in [-0.3, -0.25) is 14.9 Å². The van der Waals surface area contributed by atoms with Crippen LogP contribution in [0, 0.1) is 10.1 Å². The summed E-state index contributed by atoms with van der Waals surface area (Å²) in [5, 5.41) is 18.5. The number of phenols is 1. The van der Waals surface area contributed by atoms with E-state index in [1.54, 1.807) is 0 Å². The van der Waals surface area contributed by atoms with Crippen molar-refractivity contribution in [1.29, 1.82) is 0 Å². The van der Waals surface area contributed by atoms with E-state index in [9.17, 15) is 32.3 Å². The number of nitro groups is 1. The summed E-state index contributed by atoms with van der Waals surface area (Å²) in [4.78, 5) is 22.4. The molecule has 1 aromatic carbocycles. The van der Waals surface area contributed by atoms with Crippen LogP contribution in [0.25, 0.3) is 0 Å². The number of benzene rings is 1. The Morgan fingerprint density at radius 2 is 2.10 bits per heavy atom. The third-order valence-electron chi connectivity index (χ3n) is 3.02. The number of amides is 1.